The third-order valence-corrected chi connectivity index (χ3v) is 3.43. The molecule has 1 aliphatic rings. The number of carboxylic acid groups (broad SMARTS) is 1. The third-order valence-electron chi connectivity index (χ3n) is 3.43. The molecule has 0 heterocycles. The Morgan fingerprint density at radius 3 is 2.89 bits per heavy atom. The number of aryl methyl sites for hydroxylation is 1. The van der Waals surface area contributed by atoms with Crippen molar-refractivity contribution in [1.82, 2.24) is 5.32 Å². The standard InChI is InChI=1S/C14H19NO3/c1-9-5-10(3-4-13(9)18-2)7-15-8-11-6-12(11)14(16)17/h3-5,11-12,15H,6-8H2,1-2H3,(H,16,17). The first-order valence-electron chi connectivity index (χ1n) is 6.19. The van der Waals surface area contributed by atoms with Crippen LogP contribution in [-0.2, 0) is 11.3 Å². The van der Waals surface area contributed by atoms with Gasteiger partial charge in [-0.25, -0.2) is 0 Å². The van der Waals surface area contributed by atoms with E-state index >= 15 is 0 Å². The Kier molecular flexibility index (Phi) is 3.87. The number of aliphatic carboxylic acids is 1. The fraction of sp³-hybridized carbons (Fsp3) is 0.500. The Labute approximate surface area is 107 Å². The van der Waals surface area contributed by atoms with Crippen molar-refractivity contribution in [2.75, 3.05) is 13.7 Å². The summed E-state index contributed by atoms with van der Waals surface area (Å²) in [4.78, 5) is 10.7. The van der Waals surface area contributed by atoms with Crippen LogP contribution in [0.3, 0.4) is 0 Å². The minimum atomic E-state index is -0.665. The molecular formula is C14H19NO3. The molecule has 0 radical (unpaired) electrons. The van der Waals surface area contributed by atoms with Crippen LogP contribution in [0, 0.1) is 18.8 Å². The molecule has 18 heavy (non-hydrogen) atoms. The summed E-state index contributed by atoms with van der Waals surface area (Å²) in [6, 6.07) is 6.08. The second-order valence-electron chi connectivity index (χ2n) is 4.88. The highest BCUT2D eigenvalue weighted by molar-refractivity contribution is 5.73. The first kappa shape index (κ1) is 12.9. The summed E-state index contributed by atoms with van der Waals surface area (Å²) in [5.41, 5.74) is 2.31. The quantitative estimate of drug-likeness (QED) is 0.807. The first-order valence-corrected chi connectivity index (χ1v) is 6.19. The summed E-state index contributed by atoms with van der Waals surface area (Å²) >= 11 is 0. The number of rotatable bonds is 6. The van der Waals surface area contributed by atoms with Crippen LogP contribution in [0.15, 0.2) is 18.2 Å². The molecular weight excluding hydrogens is 230 g/mol. The van der Waals surface area contributed by atoms with Gasteiger partial charge in [-0.3, -0.25) is 4.79 Å². The molecule has 1 fully saturated rings. The second-order valence-corrected chi connectivity index (χ2v) is 4.88. The molecule has 2 N–H and O–H groups in total. The van der Waals surface area contributed by atoms with Crippen LogP contribution in [0.25, 0.3) is 0 Å². The van der Waals surface area contributed by atoms with Crippen molar-refractivity contribution in [2.45, 2.75) is 19.9 Å². The minimum absolute atomic E-state index is 0.130. The van der Waals surface area contributed by atoms with E-state index in [9.17, 15) is 4.79 Å². The van der Waals surface area contributed by atoms with Crippen molar-refractivity contribution in [3.63, 3.8) is 0 Å². The Morgan fingerprint density at radius 1 is 1.56 bits per heavy atom. The number of nitrogens with one attached hydrogen (secondary N) is 1. The lowest BCUT2D eigenvalue weighted by atomic mass is 10.1. The molecule has 0 spiro atoms. The Bertz CT molecular complexity index is 445. The summed E-state index contributed by atoms with van der Waals surface area (Å²) in [5.74, 6) is 0.408. The maximum atomic E-state index is 10.7. The van der Waals surface area contributed by atoms with E-state index in [1.54, 1.807) is 7.11 Å². The average Bonchev–Trinajstić information content (AvgIpc) is 3.09. The molecule has 4 heteroatoms. The minimum Gasteiger partial charge on any atom is -0.496 e. The first-order chi connectivity index (χ1) is 8.61. The predicted octanol–water partition coefficient (Wildman–Crippen LogP) is 1.81. The van der Waals surface area contributed by atoms with E-state index in [0.717, 1.165) is 30.8 Å². The van der Waals surface area contributed by atoms with Crippen molar-refractivity contribution in [3.8, 4) is 5.75 Å². The monoisotopic (exact) mass is 249 g/mol. The molecule has 98 valence electrons. The van der Waals surface area contributed by atoms with Gasteiger partial charge in [0.15, 0.2) is 0 Å². The van der Waals surface area contributed by atoms with Gasteiger partial charge in [0.1, 0.15) is 5.75 Å². The largest absolute Gasteiger partial charge is 0.496 e. The topological polar surface area (TPSA) is 58.6 Å². The molecule has 0 aromatic heterocycles. The van der Waals surface area contributed by atoms with E-state index in [1.165, 1.54) is 5.56 Å². The lowest BCUT2D eigenvalue weighted by Crippen LogP contribution is -2.18. The van der Waals surface area contributed by atoms with Crippen LogP contribution in [0.1, 0.15) is 17.5 Å². The highest BCUT2D eigenvalue weighted by Crippen LogP contribution is 2.37. The fourth-order valence-electron chi connectivity index (χ4n) is 2.23. The highest BCUT2D eigenvalue weighted by Gasteiger charge is 2.42. The van der Waals surface area contributed by atoms with Crippen LogP contribution < -0.4 is 10.1 Å². The highest BCUT2D eigenvalue weighted by atomic mass is 16.5. The van der Waals surface area contributed by atoms with E-state index in [1.807, 2.05) is 19.1 Å². The van der Waals surface area contributed by atoms with Crippen molar-refractivity contribution >= 4 is 5.97 Å². The fourth-order valence-corrected chi connectivity index (χ4v) is 2.23. The zero-order valence-electron chi connectivity index (χ0n) is 10.8. The van der Waals surface area contributed by atoms with Gasteiger partial charge in [-0.2, -0.15) is 0 Å². The van der Waals surface area contributed by atoms with Gasteiger partial charge in [0, 0.05) is 6.54 Å². The molecule has 2 atom stereocenters. The van der Waals surface area contributed by atoms with E-state index < -0.39 is 5.97 Å². The maximum Gasteiger partial charge on any atom is 0.306 e. The molecule has 2 unspecified atom stereocenters. The van der Waals surface area contributed by atoms with Crippen molar-refractivity contribution in [2.24, 2.45) is 11.8 Å². The third kappa shape index (κ3) is 3.01. The molecule has 1 aliphatic carbocycles. The molecule has 1 aromatic carbocycles. The molecule has 4 nitrogen and oxygen atoms in total. The van der Waals surface area contributed by atoms with Crippen molar-refractivity contribution in [3.05, 3.63) is 29.3 Å². The molecule has 0 bridgehead atoms. The molecule has 1 aromatic rings. The lowest BCUT2D eigenvalue weighted by molar-refractivity contribution is -0.138. The zero-order chi connectivity index (χ0) is 13.1. The number of hydrogen-bond donors (Lipinski definition) is 2. The van der Waals surface area contributed by atoms with E-state index in [0.29, 0.717) is 5.92 Å². The molecule has 0 amide bonds. The number of methoxy groups -OCH3 is 1. The van der Waals surface area contributed by atoms with Crippen LogP contribution in [-0.4, -0.2) is 24.7 Å². The Morgan fingerprint density at radius 2 is 2.33 bits per heavy atom. The van der Waals surface area contributed by atoms with Crippen LogP contribution in [0.2, 0.25) is 0 Å². The number of carbonyl (C=O) groups is 1. The molecule has 0 aliphatic heterocycles. The summed E-state index contributed by atoms with van der Waals surface area (Å²) in [7, 11) is 1.67. The summed E-state index contributed by atoms with van der Waals surface area (Å²) in [6.45, 7) is 3.57. The van der Waals surface area contributed by atoms with Gasteiger partial charge in [0.2, 0.25) is 0 Å². The second kappa shape index (κ2) is 5.40. The van der Waals surface area contributed by atoms with Crippen molar-refractivity contribution in [1.29, 1.82) is 0 Å². The summed E-state index contributed by atoms with van der Waals surface area (Å²) in [6.07, 6.45) is 0.809. The smallest absolute Gasteiger partial charge is 0.306 e. The van der Waals surface area contributed by atoms with Gasteiger partial charge >= 0.3 is 5.97 Å². The van der Waals surface area contributed by atoms with Gasteiger partial charge in [-0.05, 0) is 43.0 Å². The number of hydrogen-bond acceptors (Lipinski definition) is 3. The van der Waals surface area contributed by atoms with Gasteiger partial charge in [0.05, 0.1) is 13.0 Å². The van der Waals surface area contributed by atoms with E-state index in [-0.39, 0.29) is 5.92 Å². The van der Waals surface area contributed by atoms with Crippen molar-refractivity contribution < 1.29 is 14.6 Å². The number of benzene rings is 1. The van der Waals surface area contributed by atoms with Crippen LogP contribution in [0.4, 0.5) is 0 Å². The van der Waals surface area contributed by atoms with E-state index in [2.05, 4.69) is 11.4 Å². The molecule has 2 rings (SSSR count). The van der Waals surface area contributed by atoms with Gasteiger partial charge < -0.3 is 15.2 Å². The van der Waals surface area contributed by atoms with Gasteiger partial charge in [-0.15, -0.1) is 0 Å². The molecule has 0 saturated heterocycles. The normalized spacial score (nSPS) is 21.7. The molecule has 1 saturated carbocycles. The van der Waals surface area contributed by atoms with Gasteiger partial charge in [0.25, 0.3) is 0 Å². The predicted molar refractivity (Wildman–Crippen MR) is 68.7 cm³/mol. The average molecular weight is 249 g/mol. The van der Waals surface area contributed by atoms with E-state index in [4.69, 9.17) is 9.84 Å². The van der Waals surface area contributed by atoms with Gasteiger partial charge in [-0.1, -0.05) is 12.1 Å². The maximum absolute atomic E-state index is 10.7. The van der Waals surface area contributed by atoms with Crippen LogP contribution in [0.5, 0.6) is 5.75 Å². The Hall–Kier alpha value is -1.55. The summed E-state index contributed by atoms with van der Waals surface area (Å²) in [5, 5.41) is 12.1. The lowest BCUT2D eigenvalue weighted by Gasteiger charge is -2.08. The zero-order valence-corrected chi connectivity index (χ0v) is 10.8. The number of ether oxygens (including phenoxy) is 1. The Balaban J connectivity index is 1.77. The number of carboxylic acids is 1. The SMILES string of the molecule is COc1ccc(CNCC2CC2C(=O)O)cc1C. The summed E-state index contributed by atoms with van der Waals surface area (Å²) < 4.78 is 5.21. The van der Waals surface area contributed by atoms with Crippen LogP contribution >= 0.6 is 0 Å².